The van der Waals surface area contributed by atoms with Gasteiger partial charge in [-0.2, -0.15) is 0 Å². The van der Waals surface area contributed by atoms with Crippen LogP contribution >= 0.6 is 0 Å². The average Bonchev–Trinajstić information content (AvgIpc) is 2.77. The molecule has 0 bridgehead atoms. The largest absolute Gasteiger partial charge is 0.332 e. The number of fused-ring (bicyclic) bond motifs is 1. The minimum atomic E-state index is -0.853. The molecule has 2 rings (SSSR count). The molecule has 2 aromatic rings. The maximum absolute atomic E-state index is 12.7. The molecule has 110 valence electrons. The smallest absolute Gasteiger partial charge is 0.328 e. The Morgan fingerprint density at radius 3 is 2.65 bits per heavy atom. The van der Waals surface area contributed by atoms with E-state index in [9.17, 15) is 14.0 Å². The first kappa shape index (κ1) is 14.5. The van der Waals surface area contributed by atoms with Gasteiger partial charge in [-0.1, -0.05) is 0 Å². The molecule has 0 amide bonds. The van der Waals surface area contributed by atoms with E-state index in [4.69, 9.17) is 0 Å². The molecular formula is C13H19FN4O2. The molecule has 0 aromatic carbocycles. The highest BCUT2D eigenvalue weighted by atomic mass is 19.1. The number of nitrogens with zero attached hydrogens (tertiary/aromatic N) is 4. The fraction of sp³-hybridized carbons (Fsp3) is 0.615. The van der Waals surface area contributed by atoms with Crippen molar-refractivity contribution in [3.05, 3.63) is 27.2 Å². The zero-order chi connectivity index (χ0) is 14.9. The second-order valence-corrected chi connectivity index (χ2v) is 5.10. The van der Waals surface area contributed by atoms with Gasteiger partial charge in [0, 0.05) is 20.6 Å². The summed E-state index contributed by atoms with van der Waals surface area (Å²) in [5, 5.41) is 0. The van der Waals surface area contributed by atoms with E-state index in [0.29, 0.717) is 37.0 Å². The molecule has 6 nitrogen and oxygen atoms in total. The van der Waals surface area contributed by atoms with Gasteiger partial charge in [0.25, 0.3) is 5.56 Å². The number of aromatic nitrogens is 4. The van der Waals surface area contributed by atoms with Crippen molar-refractivity contribution in [2.24, 2.45) is 14.1 Å². The molecule has 2 aromatic heterocycles. The molecule has 0 saturated heterocycles. The third kappa shape index (κ3) is 2.52. The summed E-state index contributed by atoms with van der Waals surface area (Å²) in [6.45, 7) is 1.81. The van der Waals surface area contributed by atoms with E-state index in [1.165, 1.54) is 22.4 Å². The first-order valence-corrected chi connectivity index (χ1v) is 6.68. The Bertz CT molecular complexity index is 726. The van der Waals surface area contributed by atoms with Crippen molar-refractivity contribution in [3.8, 4) is 0 Å². The molecule has 0 aliphatic carbocycles. The van der Waals surface area contributed by atoms with Crippen molar-refractivity contribution in [1.82, 2.24) is 18.7 Å². The van der Waals surface area contributed by atoms with E-state index in [1.807, 2.05) is 0 Å². The molecule has 7 heteroatoms. The number of rotatable bonds is 5. The summed E-state index contributed by atoms with van der Waals surface area (Å²) >= 11 is 0. The van der Waals surface area contributed by atoms with E-state index >= 15 is 0 Å². The van der Waals surface area contributed by atoms with Crippen molar-refractivity contribution in [2.45, 2.75) is 38.9 Å². The Hall–Kier alpha value is -1.92. The van der Waals surface area contributed by atoms with Crippen LogP contribution in [0.5, 0.6) is 0 Å². The van der Waals surface area contributed by atoms with E-state index in [1.54, 1.807) is 18.7 Å². The summed E-state index contributed by atoms with van der Waals surface area (Å²) < 4.78 is 16.9. The highest BCUT2D eigenvalue weighted by Crippen LogP contribution is 2.06. The summed E-state index contributed by atoms with van der Waals surface area (Å²) in [6.07, 6.45) is 2.36. The standard InChI is InChI=1S/C13H19FN4O2/c1-9(14)6-4-5-7-18-12(19)10-11(15-8-16(10)2)17(3)13(18)20/h8-9H,4-7H2,1-3H3/t9-/m1/s1. The van der Waals surface area contributed by atoms with Crippen LogP contribution in [-0.4, -0.2) is 24.9 Å². The van der Waals surface area contributed by atoms with Gasteiger partial charge in [-0.05, 0) is 26.2 Å². The van der Waals surface area contributed by atoms with Gasteiger partial charge < -0.3 is 4.57 Å². The van der Waals surface area contributed by atoms with Gasteiger partial charge in [0.05, 0.1) is 12.5 Å². The van der Waals surface area contributed by atoms with E-state index in [2.05, 4.69) is 4.98 Å². The number of alkyl halides is 1. The number of unbranched alkanes of at least 4 members (excludes halogenated alkanes) is 1. The van der Waals surface area contributed by atoms with Gasteiger partial charge in [0.1, 0.15) is 0 Å². The molecule has 2 heterocycles. The number of halogens is 1. The lowest BCUT2D eigenvalue weighted by molar-refractivity contribution is 0.328. The maximum Gasteiger partial charge on any atom is 0.332 e. The molecule has 0 saturated carbocycles. The predicted molar refractivity (Wildman–Crippen MR) is 74.6 cm³/mol. The summed E-state index contributed by atoms with van der Waals surface area (Å²) in [5.41, 5.74) is 0.0768. The SMILES string of the molecule is C[C@@H](F)CCCCn1c(=O)c2c(ncn2C)n(C)c1=O. The molecule has 0 fully saturated rings. The van der Waals surface area contributed by atoms with Gasteiger partial charge in [-0.3, -0.25) is 13.9 Å². The minimum absolute atomic E-state index is 0.305. The van der Waals surface area contributed by atoms with E-state index < -0.39 is 6.17 Å². The summed E-state index contributed by atoms with van der Waals surface area (Å²) in [5.74, 6) is 0. The van der Waals surface area contributed by atoms with Gasteiger partial charge in [-0.15, -0.1) is 0 Å². The molecule has 0 aliphatic rings. The van der Waals surface area contributed by atoms with Crippen LogP contribution in [0, 0.1) is 0 Å². The van der Waals surface area contributed by atoms with Crippen molar-refractivity contribution in [2.75, 3.05) is 0 Å². The minimum Gasteiger partial charge on any atom is -0.328 e. The zero-order valence-electron chi connectivity index (χ0n) is 12.0. The average molecular weight is 282 g/mol. The Morgan fingerprint density at radius 2 is 2.00 bits per heavy atom. The van der Waals surface area contributed by atoms with Gasteiger partial charge in [0.15, 0.2) is 11.2 Å². The van der Waals surface area contributed by atoms with Gasteiger partial charge in [0.2, 0.25) is 0 Å². The highest BCUT2D eigenvalue weighted by molar-refractivity contribution is 5.69. The Morgan fingerprint density at radius 1 is 1.30 bits per heavy atom. The number of aryl methyl sites for hydroxylation is 2. The molecule has 20 heavy (non-hydrogen) atoms. The normalized spacial score (nSPS) is 13.0. The van der Waals surface area contributed by atoms with Crippen molar-refractivity contribution in [1.29, 1.82) is 0 Å². The van der Waals surface area contributed by atoms with Crippen LogP contribution in [0.15, 0.2) is 15.9 Å². The topological polar surface area (TPSA) is 61.8 Å². The van der Waals surface area contributed by atoms with Crippen LogP contribution in [-0.2, 0) is 20.6 Å². The second-order valence-electron chi connectivity index (χ2n) is 5.10. The van der Waals surface area contributed by atoms with Crippen LogP contribution in [0.3, 0.4) is 0 Å². The van der Waals surface area contributed by atoms with Gasteiger partial charge >= 0.3 is 5.69 Å². The van der Waals surface area contributed by atoms with Crippen LogP contribution in [0.25, 0.3) is 11.2 Å². The van der Waals surface area contributed by atoms with Crippen molar-refractivity contribution >= 4 is 11.2 Å². The van der Waals surface area contributed by atoms with Gasteiger partial charge in [-0.25, -0.2) is 14.2 Å². The van der Waals surface area contributed by atoms with E-state index in [-0.39, 0.29) is 11.2 Å². The van der Waals surface area contributed by atoms with Crippen LogP contribution in [0.2, 0.25) is 0 Å². The van der Waals surface area contributed by atoms with Crippen molar-refractivity contribution < 1.29 is 4.39 Å². The lowest BCUT2D eigenvalue weighted by atomic mass is 10.2. The summed E-state index contributed by atoms with van der Waals surface area (Å²) in [4.78, 5) is 28.5. The van der Waals surface area contributed by atoms with Crippen molar-refractivity contribution in [3.63, 3.8) is 0 Å². The monoisotopic (exact) mass is 282 g/mol. The quantitative estimate of drug-likeness (QED) is 0.767. The molecule has 0 radical (unpaired) electrons. The highest BCUT2D eigenvalue weighted by Gasteiger charge is 2.14. The fourth-order valence-electron chi connectivity index (χ4n) is 2.29. The lowest BCUT2D eigenvalue weighted by Gasteiger charge is -2.08. The third-order valence-electron chi connectivity index (χ3n) is 3.43. The number of imidazole rings is 1. The third-order valence-corrected chi connectivity index (χ3v) is 3.43. The van der Waals surface area contributed by atoms with E-state index in [0.717, 1.165) is 0 Å². The zero-order valence-corrected chi connectivity index (χ0v) is 12.0. The Balaban J connectivity index is 2.36. The molecule has 0 spiro atoms. The fourth-order valence-corrected chi connectivity index (χ4v) is 2.29. The molecule has 0 unspecified atom stereocenters. The predicted octanol–water partition coefficient (Wildman–Crippen LogP) is 0.962. The molecule has 0 aliphatic heterocycles. The molecular weight excluding hydrogens is 263 g/mol. The van der Waals surface area contributed by atoms with Crippen LogP contribution in [0.4, 0.5) is 4.39 Å². The lowest BCUT2D eigenvalue weighted by Crippen LogP contribution is -2.39. The summed E-state index contributed by atoms with van der Waals surface area (Å²) in [6, 6.07) is 0. The first-order valence-electron chi connectivity index (χ1n) is 6.68. The number of hydrogen-bond acceptors (Lipinski definition) is 3. The van der Waals surface area contributed by atoms with Crippen LogP contribution < -0.4 is 11.2 Å². The number of hydrogen-bond donors (Lipinski definition) is 0. The molecule has 1 atom stereocenters. The van der Waals surface area contributed by atoms with Crippen LogP contribution in [0.1, 0.15) is 26.2 Å². The maximum atomic E-state index is 12.7. The Kier molecular flexibility index (Phi) is 4.06. The Labute approximate surface area is 115 Å². The second kappa shape index (κ2) is 5.60. The first-order chi connectivity index (χ1) is 9.43. The molecule has 0 N–H and O–H groups in total. The summed E-state index contributed by atoms with van der Waals surface area (Å²) in [7, 11) is 3.31.